The second kappa shape index (κ2) is 6.06. The van der Waals surface area contributed by atoms with Crippen LogP contribution in [0.1, 0.15) is 5.69 Å². The Balaban J connectivity index is 2.26. The number of benzene rings is 1. The van der Waals surface area contributed by atoms with Crippen molar-refractivity contribution in [2.24, 2.45) is 0 Å². The van der Waals surface area contributed by atoms with Gasteiger partial charge in [-0.3, -0.25) is 4.40 Å². The molecule has 0 unspecified atom stereocenters. The topological polar surface area (TPSA) is 57.4 Å². The maximum Gasteiger partial charge on any atom is 0.138 e. The Kier molecular flexibility index (Phi) is 4.13. The number of carboxylic acids is 1. The number of fused-ring (bicyclic) bond motifs is 1. The van der Waals surface area contributed by atoms with E-state index in [4.69, 9.17) is 0 Å². The van der Waals surface area contributed by atoms with E-state index < -0.39 is 5.97 Å². The molecule has 0 spiro atoms. The molecule has 0 aliphatic heterocycles. The molecule has 1 aromatic carbocycles. The summed E-state index contributed by atoms with van der Waals surface area (Å²) >= 11 is 6.81. The Morgan fingerprint density at radius 3 is 2.45 bits per heavy atom. The van der Waals surface area contributed by atoms with E-state index in [9.17, 15) is 9.90 Å². The first-order valence-corrected chi connectivity index (χ1v) is 7.96. The standard InChI is InChI=1S/C16H10Br2N2O2/c17-11-3-1-10(2-4-11)16-13(6-8-15(21)22)20-9-12(18)5-7-14(20)19-16/h1-9H,(H,21,22)/p-1/b8-6+. The van der Waals surface area contributed by atoms with Crippen LogP contribution in [0.2, 0.25) is 0 Å². The predicted molar refractivity (Wildman–Crippen MR) is 90.1 cm³/mol. The van der Waals surface area contributed by atoms with Crippen LogP contribution in [0.15, 0.2) is 57.6 Å². The molecular weight excluding hydrogens is 412 g/mol. The van der Waals surface area contributed by atoms with Crippen LogP contribution in [0.4, 0.5) is 0 Å². The van der Waals surface area contributed by atoms with Crippen molar-refractivity contribution < 1.29 is 9.90 Å². The second-order valence-electron chi connectivity index (χ2n) is 4.58. The maximum atomic E-state index is 10.7. The van der Waals surface area contributed by atoms with Crippen molar-refractivity contribution >= 4 is 49.6 Å². The van der Waals surface area contributed by atoms with Gasteiger partial charge in [-0.2, -0.15) is 0 Å². The summed E-state index contributed by atoms with van der Waals surface area (Å²) in [6.45, 7) is 0. The lowest BCUT2D eigenvalue weighted by molar-refractivity contribution is -0.297. The summed E-state index contributed by atoms with van der Waals surface area (Å²) in [4.78, 5) is 15.3. The number of carbonyl (C=O) groups is 1. The molecule has 0 aliphatic rings. The van der Waals surface area contributed by atoms with E-state index in [2.05, 4.69) is 36.8 Å². The number of rotatable bonds is 3. The van der Waals surface area contributed by atoms with E-state index in [1.165, 1.54) is 6.08 Å². The van der Waals surface area contributed by atoms with Gasteiger partial charge in [0, 0.05) is 20.7 Å². The van der Waals surface area contributed by atoms with Gasteiger partial charge in [0.1, 0.15) is 5.65 Å². The third-order valence-electron chi connectivity index (χ3n) is 3.11. The number of aromatic nitrogens is 2. The molecule has 3 aromatic rings. The molecule has 4 nitrogen and oxygen atoms in total. The van der Waals surface area contributed by atoms with Crippen molar-refractivity contribution in [2.75, 3.05) is 0 Å². The van der Waals surface area contributed by atoms with E-state index >= 15 is 0 Å². The summed E-state index contributed by atoms with van der Waals surface area (Å²) < 4.78 is 3.68. The number of carbonyl (C=O) groups excluding carboxylic acids is 1. The monoisotopic (exact) mass is 419 g/mol. The van der Waals surface area contributed by atoms with E-state index in [-0.39, 0.29) is 0 Å². The number of halogens is 2. The predicted octanol–water partition coefficient (Wildman–Crippen LogP) is 3.29. The van der Waals surface area contributed by atoms with E-state index in [1.807, 2.05) is 47.0 Å². The van der Waals surface area contributed by atoms with Crippen molar-refractivity contribution in [1.82, 2.24) is 9.38 Å². The molecule has 110 valence electrons. The van der Waals surface area contributed by atoms with E-state index in [0.717, 1.165) is 26.2 Å². The number of hydrogen-bond acceptors (Lipinski definition) is 3. The summed E-state index contributed by atoms with van der Waals surface area (Å²) in [5.74, 6) is -1.24. The third kappa shape index (κ3) is 2.98. The largest absolute Gasteiger partial charge is 0.545 e. The van der Waals surface area contributed by atoms with Crippen molar-refractivity contribution in [3.8, 4) is 11.3 Å². The van der Waals surface area contributed by atoms with Gasteiger partial charge in [-0.15, -0.1) is 0 Å². The van der Waals surface area contributed by atoms with Crippen LogP contribution in [0.25, 0.3) is 23.0 Å². The normalized spacial score (nSPS) is 11.4. The Hall–Kier alpha value is -1.92. The summed E-state index contributed by atoms with van der Waals surface area (Å²) in [6.07, 6.45) is 4.35. The van der Waals surface area contributed by atoms with Crippen molar-refractivity contribution in [2.45, 2.75) is 0 Å². The minimum Gasteiger partial charge on any atom is -0.545 e. The van der Waals surface area contributed by atoms with Crippen molar-refractivity contribution in [1.29, 1.82) is 0 Å². The van der Waals surface area contributed by atoms with Crippen molar-refractivity contribution in [3.05, 3.63) is 63.3 Å². The van der Waals surface area contributed by atoms with Crippen molar-refractivity contribution in [3.63, 3.8) is 0 Å². The van der Waals surface area contributed by atoms with E-state index in [1.54, 1.807) is 0 Å². The lowest BCUT2D eigenvalue weighted by Gasteiger charge is -2.02. The molecule has 6 heteroatoms. The first kappa shape index (κ1) is 15.0. The van der Waals surface area contributed by atoms with Gasteiger partial charge in [-0.1, -0.05) is 28.1 Å². The maximum absolute atomic E-state index is 10.7. The lowest BCUT2D eigenvalue weighted by atomic mass is 10.1. The minimum absolute atomic E-state index is 0.683. The summed E-state index contributed by atoms with van der Waals surface area (Å²) in [5, 5.41) is 10.7. The lowest BCUT2D eigenvalue weighted by Crippen LogP contribution is -2.18. The quantitative estimate of drug-likeness (QED) is 0.611. The highest BCUT2D eigenvalue weighted by atomic mass is 79.9. The number of pyridine rings is 1. The molecule has 0 fully saturated rings. The summed E-state index contributed by atoms with van der Waals surface area (Å²) in [6, 6.07) is 11.4. The van der Waals surface area contributed by atoms with Crippen LogP contribution in [0, 0.1) is 0 Å². The van der Waals surface area contributed by atoms with Gasteiger partial charge in [0.15, 0.2) is 0 Å². The fourth-order valence-corrected chi connectivity index (χ4v) is 2.76. The van der Waals surface area contributed by atoms with E-state index in [0.29, 0.717) is 11.4 Å². The van der Waals surface area contributed by atoms with Gasteiger partial charge in [0.25, 0.3) is 0 Å². The summed E-state index contributed by atoms with van der Waals surface area (Å²) in [5.41, 5.74) is 3.03. The zero-order valence-electron chi connectivity index (χ0n) is 11.2. The number of aliphatic carboxylic acids is 1. The second-order valence-corrected chi connectivity index (χ2v) is 6.41. The van der Waals surface area contributed by atoms with Crippen LogP contribution >= 0.6 is 31.9 Å². The molecule has 3 rings (SSSR count). The molecule has 2 aromatic heterocycles. The molecule has 0 bridgehead atoms. The third-order valence-corrected chi connectivity index (χ3v) is 4.11. The van der Waals surface area contributed by atoms with Gasteiger partial charge in [-0.25, -0.2) is 4.98 Å². The highest BCUT2D eigenvalue weighted by molar-refractivity contribution is 9.10. The number of imidazole rings is 1. The number of hydrogen-bond donors (Lipinski definition) is 0. The zero-order chi connectivity index (χ0) is 15.7. The van der Waals surface area contributed by atoms with Crippen LogP contribution in [0.3, 0.4) is 0 Å². The molecular formula is C16H9Br2N2O2-. The number of carboxylic acid groups (broad SMARTS) is 1. The summed E-state index contributed by atoms with van der Waals surface area (Å²) in [7, 11) is 0. The fourth-order valence-electron chi connectivity index (χ4n) is 2.16. The van der Waals surface area contributed by atoms with Crippen LogP contribution in [-0.2, 0) is 4.79 Å². The SMILES string of the molecule is O=C([O-])/C=C/c1c(-c2ccc(Br)cc2)nc2ccc(Br)cn12. The smallest absolute Gasteiger partial charge is 0.138 e. The molecule has 0 saturated heterocycles. The highest BCUT2D eigenvalue weighted by Gasteiger charge is 2.12. The molecule has 0 N–H and O–H groups in total. The van der Waals surface area contributed by atoms with Gasteiger partial charge >= 0.3 is 0 Å². The average Bonchev–Trinajstić information content (AvgIpc) is 2.83. The molecule has 22 heavy (non-hydrogen) atoms. The average molecular weight is 421 g/mol. The minimum atomic E-state index is -1.24. The molecule has 0 atom stereocenters. The molecule has 0 radical (unpaired) electrons. The van der Waals surface area contributed by atoms with Crippen LogP contribution in [-0.4, -0.2) is 15.4 Å². The zero-order valence-corrected chi connectivity index (χ0v) is 14.3. The van der Waals surface area contributed by atoms with Gasteiger partial charge < -0.3 is 9.90 Å². The Labute approximate surface area is 143 Å². The Morgan fingerprint density at radius 2 is 1.77 bits per heavy atom. The van der Waals surface area contributed by atoms with Gasteiger partial charge in [0.05, 0.1) is 17.4 Å². The first-order chi connectivity index (χ1) is 10.5. The first-order valence-electron chi connectivity index (χ1n) is 6.37. The fraction of sp³-hybridized carbons (Fsp3) is 0. The Morgan fingerprint density at radius 1 is 1.09 bits per heavy atom. The molecule has 0 saturated carbocycles. The van der Waals surface area contributed by atoms with Crippen LogP contribution in [0.5, 0.6) is 0 Å². The van der Waals surface area contributed by atoms with Gasteiger partial charge in [0.2, 0.25) is 0 Å². The highest BCUT2D eigenvalue weighted by Crippen LogP contribution is 2.27. The Bertz CT molecular complexity index is 883. The molecule has 0 aliphatic carbocycles. The van der Waals surface area contributed by atoms with Gasteiger partial charge in [-0.05, 0) is 52.3 Å². The molecule has 0 amide bonds. The molecule has 2 heterocycles. The number of nitrogens with zero attached hydrogens (tertiary/aromatic N) is 2. The van der Waals surface area contributed by atoms with Crippen LogP contribution < -0.4 is 5.11 Å².